The lowest BCUT2D eigenvalue weighted by molar-refractivity contribution is -0.140. The summed E-state index contributed by atoms with van der Waals surface area (Å²) in [5, 5.41) is 17.3. The van der Waals surface area contributed by atoms with E-state index < -0.39 is 49.0 Å². The standard InChI is InChI=1S/C9H15NO7S2/c11-6-3-8(9(12)13)10(4-6)19(16,17)7-1-2-18(14,15)5-7/h6-8,11H,1-5H2,(H,12,13). The van der Waals surface area contributed by atoms with Crippen molar-refractivity contribution in [3.63, 3.8) is 0 Å². The van der Waals surface area contributed by atoms with Gasteiger partial charge in [0.15, 0.2) is 9.84 Å². The average molecular weight is 313 g/mol. The van der Waals surface area contributed by atoms with Gasteiger partial charge in [0, 0.05) is 13.0 Å². The monoisotopic (exact) mass is 313 g/mol. The highest BCUT2D eigenvalue weighted by atomic mass is 32.2. The quantitative estimate of drug-likeness (QED) is 0.618. The topological polar surface area (TPSA) is 129 Å². The molecule has 2 aliphatic heterocycles. The highest BCUT2D eigenvalue weighted by molar-refractivity contribution is 7.95. The van der Waals surface area contributed by atoms with Crippen LogP contribution in [-0.2, 0) is 24.7 Å². The van der Waals surface area contributed by atoms with Crippen LogP contribution in [0.1, 0.15) is 12.8 Å². The fourth-order valence-electron chi connectivity index (χ4n) is 2.48. The number of rotatable bonds is 3. The van der Waals surface area contributed by atoms with Crippen LogP contribution in [0.5, 0.6) is 0 Å². The molecule has 2 saturated heterocycles. The van der Waals surface area contributed by atoms with Gasteiger partial charge in [0.05, 0.1) is 22.9 Å². The lowest BCUT2D eigenvalue weighted by Gasteiger charge is -2.23. The Morgan fingerprint density at radius 1 is 1.32 bits per heavy atom. The van der Waals surface area contributed by atoms with Gasteiger partial charge in [-0.1, -0.05) is 0 Å². The predicted octanol–water partition coefficient (Wildman–Crippen LogP) is -1.98. The molecule has 3 atom stereocenters. The van der Waals surface area contributed by atoms with Crippen molar-refractivity contribution in [2.45, 2.75) is 30.2 Å². The van der Waals surface area contributed by atoms with E-state index in [2.05, 4.69) is 0 Å². The zero-order valence-corrected chi connectivity index (χ0v) is 11.6. The van der Waals surface area contributed by atoms with Crippen LogP contribution in [0.25, 0.3) is 0 Å². The third-order valence-electron chi connectivity index (χ3n) is 3.46. The number of hydrogen-bond donors (Lipinski definition) is 2. The third-order valence-corrected chi connectivity index (χ3v) is 7.74. The second kappa shape index (κ2) is 4.69. The molecular weight excluding hydrogens is 298 g/mol. The smallest absolute Gasteiger partial charge is 0.322 e. The number of carboxylic acid groups (broad SMARTS) is 1. The first-order valence-corrected chi connectivity index (χ1v) is 9.08. The number of sulfonamides is 1. The lowest BCUT2D eigenvalue weighted by Crippen LogP contribution is -2.45. The molecular formula is C9H15NO7S2. The van der Waals surface area contributed by atoms with E-state index in [0.29, 0.717) is 0 Å². The first-order chi connectivity index (χ1) is 8.63. The lowest BCUT2D eigenvalue weighted by atomic mass is 10.2. The first kappa shape index (κ1) is 14.7. The van der Waals surface area contributed by atoms with E-state index in [0.717, 1.165) is 4.31 Å². The zero-order valence-electron chi connectivity index (χ0n) is 9.97. The summed E-state index contributed by atoms with van der Waals surface area (Å²) in [6.07, 6.45) is -1.23. The summed E-state index contributed by atoms with van der Waals surface area (Å²) in [6.45, 7) is -0.296. The molecule has 0 bridgehead atoms. The molecule has 19 heavy (non-hydrogen) atoms. The number of aliphatic hydroxyl groups is 1. The summed E-state index contributed by atoms with van der Waals surface area (Å²) in [5.74, 6) is -2.01. The second-order valence-corrected chi connectivity index (χ2v) is 9.28. The van der Waals surface area contributed by atoms with Crippen molar-refractivity contribution in [2.24, 2.45) is 0 Å². The molecule has 2 heterocycles. The van der Waals surface area contributed by atoms with Gasteiger partial charge in [-0.25, -0.2) is 16.8 Å². The maximum atomic E-state index is 12.3. The Labute approximate surface area is 111 Å². The highest BCUT2D eigenvalue weighted by Crippen LogP contribution is 2.28. The third kappa shape index (κ3) is 2.76. The molecule has 10 heteroatoms. The molecule has 8 nitrogen and oxygen atoms in total. The minimum absolute atomic E-state index is 0.0242. The molecule has 0 radical (unpaired) electrons. The molecule has 0 aromatic carbocycles. The van der Waals surface area contributed by atoms with E-state index in [4.69, 9.17) is 5.11 Å². The van der Waals surface area contributed by atoms with Crippen LogP contribution in [0, 0.1) is 0 Å². The fraction of sp³-hybridized carbons (Fsp3) is 0.889. The van der Waals surface area contributed by atoms with Gasteiger partial charge in [0.2, 0.25) is 10.0 Å². The van der Waals surface area contributed by atoms with E-state index in [1.807, 2.05) is 0 Å². The Morgan fingerprint density at radius 3 is 2.42 bits per heavy atom. The molecule has 0 amide bonds. The normalized spacial score (nSPS) is 35.5. The second-order valence-electron chi connectivity index (χ2n) is 4.88. The van der Waals surface area contributed by atoms with Crippen molar-refractivity contribution >= 4 is 25.8 Å². The molecule has 0 saturated carbocycles. The summed E-state index contributed by atoms with van der Waals surface area (Å²) < 4.78 is 47.9. The van der Waals surface area contributed by atoms with Crippen molar-refractivity contribution < 1.29 is 31.8 Å². The molecule has 3 unspecified atom stereocenters. The predicted molar refractivity (Wildman–Crippen MR) is 64.7 cm³/mol. The van der Waals surface area contributed by atoms with Crippen molar-refractivity contribution in [3.8, 4) is 0 Å². The average Bonchev–Trinajstić information content (AvgIpc) is 2.82. The molecule has 0 aromatic rings. The summed E-state index contributed by atoms with van der Waals surface area (Å²) >= 11 is 0. The van der Waals surface area contributed by atoms with Crippen LogP contribution >= 0.6 is 0 Å². The molecule has 2 rings (SSSR count). The maximum Gasteiger partial charge on any atom is 0.322 e. The van der Waals surface area contributed by atoms with E-state index in [9.17, 15) is 26.7 Å². The van der Waals surface area contributed by atoms with Gasteiger partial charge in [-0.3, -0.25) is 4.79 Å². The summed E-state index contributed by atoms with van der Waals surface area (Å²) in [7, 11) is -7.40. The largest absolute Gasteiger partial charge is 0.480 e. The minimum Gasteiger partial charge on any atom is -0.480 e. The van der Waals surface area contributed by atoms with Crippen molar-refractivity contribution in [1.29, 1.82) is 0 Å². The molecule has 0 spiro atoms. The summed E-state index contributed by atoms with van der Waals surface area (Å²) in [6, 6.07) is -1.32. The Kier molecular flexibility index (Phi) is 3.62. The minimum atomic E-state index is -4.02. The van der Waals surface area contributed by atoms with E-state index in [1.165, 1.54) is 0 Å². The van der Waals surface area contributed by atoms with Crippen molar-refractivity contribution in [1.82, 2.24) is 4.31 Å². The van der Waals surface area contributed by atoms with Gasteiger partial charge in [0.1, 0.15) is 6.04 Å². The number of carboxylic acids is 1. The molecule has 2 aliphatic rings. The fourth-order valence-corrected chi connectivity index (χ4v) is 7.19. The Bertz CT molecular complexity index is 582. The number of hydrogen-bond acceptors (Lipinski definition) is 6. The molecule has 2 N–H and O–H groups in total. The number of carbonyl (C=O) groups is 1. The Hall–Kier alpha value is -0.710. The van der Waals surface area contributed by atoms with E-state index >= 15 is 0 Å². The molecule has 0 aromatic heterocycles. The Balaban J connectivity index is 2.27. The van der Waals surface area contributed by atoms with Crippen LogP contribution in [0.15, 0.2) is 0 Å². The molecule has 110 valence electrons. The molecule has 0 aliphatic carbocycles. The first-order valence-electron chi connectivity index (χ1n) is 5.75. The van der Waals surface area contributed by atoms with Gasteiger partial charge < -0.3 is 10.2 Å². The van der Waals surface area contributed by atoms with Crippen molar-refractivity contribution in [2.75, 3.05) is 18.1 Å². The van der Waals surface area contributed by atoms with E-state index in [-0.39, 0.29) is 25.1 Å². The number of aliphatic hydroxyl groups excluding tert-OH is 1. The number of aliphatic carboxylic acids is 1. The summed E-state index contributed by atoms with van der Waals surface area (Å²) in [5.41, 5.74) is 0. The number of sulfone groups is 1. The van der Waals surface area contributed by atoms with Gasteiger partial charge in [-0.2, -0.15) is 4.31 Å². The van der Waals surface area contributed by atoms with Gasteiger partial charge >= 0.3 is 5.97 Å². The highest BCUT2D eigenvalue weighted by Gasteiger charge is 2.48. The van der Waals surface area contributed by atoms with Crippen molar-refractivity contribution in [3.05, 3.63) is 0 Å². The molecule has 2 fully saturated rings. The van der Waals surface area contributed by atoms with Crippen LogP contribution in [0.3, 0.4) is 0 Å². The van der Waals surface area contributed by atoms with Crippen LogP contribution in [0.2, 0.25) is 0 Å². The SMILES string of the molecule is O=C(O)C1CC(O)CN1S(=O)(=O)C1CCS(=O)(=O)C1. The summed E-state index contributed by atoms with van der Waals surface area (Å²) in [4.78, 5) is 11.0. The van der Waals surface area contributed by atoms with Gasteiger partial charge in [-0.15, -0.1) is 0 Å². The zero-order chi connectivity index (χ0) is 14.4. The maximum absolute atomic E-state index is 12.3. The van der Waals surface area contributed by atoms with Crippen LogP contribution < -0.4 is 0 Å². The van der Waals surface area contributed by atoms with Gasteiger partial charge in [0.25, 0.3) is 0 Å². The number of nitrogens with zero attached hydrogens (tertiary/aromatic N) is 1. The van der Waals surface area contributed by atoms with E-state index in [1.54, 1.807) is 0 Å². The number of β-amino-alcohol motifs (C(OH)–C–C–N with tert-alkyl or cyclic N) is 1. The van der Waals surface area contributed by atoms with Gasteiger partial charge in [-0.05, 0) is 6.42 Å². The van der Waals surface area contributed by atoms with Crippen LogP contribution in [0.4, 0.5) is 0 Å². The van der Waals surface area contributed by atoms with Crippen LogP contribution in [-0.4, -0.2) is 72.8 Å². The Morgan fingerprint density at radius 2 is 1.95 bits per heavy atom.